The number of amides is 2. The summed E-state index contributed by atoms with van der Waals surface area (Å²) < 4.78 is 0. The number of carbonyl (C=O) groups is 2. The van der Waals surface area contributed by atoms with Crippen molar-refractivity contribution in [2.45, 2.75) is 31.9 Å². The molecule has 0 bridgehead atoms. The summed E-state index contributed by atoms with van der Waals surface area (Å²) in [4.78, 5) is 31.0. The zero-order valence-electron chi connectivity index (χ0n) is 15.7. The minimum atomic E-state index is -0.451. The number of carbonyl (C=O) groups excluding carboxylic acids is 2. The number of hydrogen-bond acceptors (Lipinski definition) is 4. The molecule has 3 rings (SSSR count). The predicted molar refractivity (Wildman–Crippen MR) is 111 cm³/mol. The van der Waals surface area contributed by atoms with E-state index in [1.165, 1.54) is 22.2 Å². The summed E-state index contributed by atoms with van der Waals surface area (Å²) in [5, 5.41) is 3.06. The van der Waals surface area contributed by atoms with Crippen molar-refractivity contribution in [2.24, 2.45) is 4.99 Å². The van der Waals surface area contributed by atoms with Gasteiger partial charge in [0, 0.05) is 19.2 Å². The van der Waals surface area contributed by atoms with Crippen molar-refractivity contribution in [2.75, 3.05) is 12.4 Å². The van der Waals surface area contributed by atoms with Crippen molar-refractivity contribution in [1.29, 1.82) is 0 Å². The molecule has 0 saturated carbocycles. The lowest BCUT2D eigenvalue weighted by molar-refractivity contribution is -0.127. The normalized spacial score (nSPS) is 18.2. The van der Waals surface area contributed by atoms with Crippen molar-refractivity contribution in [3.05, 3.63) is 59.7 Å². The van der Waals surface area contributed by atoms with E-state index in [4.69, 9.17) is 0 Å². The van der Waals surface area contributed by atoms with E-state index in [0.29, 0.717) is 5.17 Å². The van der Waals surface area contributed by atoms with Gasteiger partial charge in [0.05, 0.1) is 5.69 Å². The van der Waals surface area contributed by atoms with E-state index in [2.05, 4.69) is 17.2 Å². The molecule has 5 nitrogen and oxygen atoms in total. The molecule has 2 aromatic rings. The summed E-state index contributed by atoms with van der Waals surface area (Å²) >= 11 is 1.34. The highest BCUT2D eigenvalue weighted by Gasteiger charge is 2.37. The van der Waals surface area contributed by atoms with E-state index in [9.17, 15) is 9.59 Å². The zero-order chi connectivity index (χ0) is 19.4. The van der Waals surface area contributed by atoms with Crippen LogP contribution in [-0.2, 0) is 16.0 Å². The number of anilines is 1. The lowest BCUT2D eigenvalue weighted by atomic mass is 10.2. The number of benzene rings is 2. The van der Waals surface area contributed by atoms with Crippen molar-refractivity contribution in [1.82, 2.24) is 4.90 Å². The fraction of sp³-hybridized carbons (Fsp3) is 0.286. The van der Waals surface area contributed by atoms with Crippen LogP contribution >= 0.6 is 11.8 Å². The van der Waals surface area contributed by atoms with Gasteiger partial charge in [-0.2, -0.15) is 0 Å². The average molecular weight is 382 g/mol. The van der Waals surface area contributed by atoms with E-state index in [0.717, 1.165) is 23.4 Å². The molecular formula is C21H23N3O2S. The van der Waals surface area contributed by atoms with E-state index in [1.807, 2.05) is 55.5 Å². The fourth-order valence-electron chi connectivity index (χ4n) is 2.80. The molecule has 1 heterocycles. The largest absolute Gasteiger partial charge is 0.326 e. The average Bonchev–Trinajstić information content (AvgIpc) is 2.92. The molecule has 0 aliphatic carbocycles. The van der Waals surface area contributed by atoms with E-state index in [1.54, 1.807) is 7.05 Å². The summed E-state index contributed by atoms with van der Waals surface area (Å²) in [6, 6.07) is 15.6. The van der Waals surface area contributed by atoms with Crippen LogP contribution in [0.4, 0.5) is 11.4 Å². The zero-order valence-corrected chi connectivity index (χ0v) is 16.5. The molecule has 1 fully saturated rings. The molecule has 1 saturated heterocycles. The summed E-state index contributed by atoms with van der Waals surface area (Å²) in [5.74, 6) is -0.263. The maximum atomic E-state index is 12.5. The molecule has 2 amide bonds. The van der Waals surface area contributed by atoms with Crippen LogP contribution in [0, 0.1) is 6.92 Å². The minimum absolute atomic E-state index is 0.0936. The second-order valence-corrected chi connectivity index (χ2v) is 7.66. The molecule has 0 radical (unpaired) electrons. The van der Waals surface area contributed by atoms with Crippen LogP contribution in [-0.4, -0.2) is 34.2 Å². The number of amidine groups is 1. The Balaban J connectivity index is 1.67. The highest BCUT2D eigenvalue weighted by Crippen LogP contribution is 2.31. The second kappa shape index (κ2) is 8.39. The third kappa shape index (κ3) is 4.57. The smallest absolute Gasteiger partial charge is 0.242 e. The van der Waals surface area contributed by atoms with Gasteiger partial charge < -0.3 is 5.32 Å². The Morgan fingerprint density at radius 2 is 1.89 bits per heavy atom. The molecule has 1 aliphatic rings. The Labute approximate surface area is 163 Å². The van der Waals surface area contributed by atoms with Crippen LogP contribution in [0.5, 0.6) is 0 Å². The Hall–Kier alpha value is -2.60. The van der Waals surface area contributed by atoms with Gasteiger partial charge in [-0.05, 0) is 42.7 Å². The Bertz CT molecular complexity index is 877. The van der Waals surface area contributed by atoms with Crippen molar-refractivity contribution >= 4 is 40.1 Å². The standard InChI is InChI=1S/C21H23N3O2S/c1-4-15-9-11-16(12-10-15)22-21-24(3)20(26)18(27-21)13-19(25)23-17-8-6-5-7-14(17)2/h5-12,18H,4,13H2,1-3H3,(H,23,25)/t18-/m1/s1. The van der Waals surface area contributed by atoms with Gasteiger partial charge in [0.2, 0.25) is 11.8 Å². The Morgan fingerprint density at radius 1 is 1.19 bits per heavy atom. The minimum Gasteiger partial charge on any atom is -0.326 e. The number of thioether (sulfide) groups is 1. The summed E-state index contributed by atoms with van der Waals surface area (Å²) in [6.07, 6.45) is 1.10. The maximum absolute atomic E-state index is 12.5. The first-order chi connectivity index (χ1) is 13.0. The number of aryl methyl sites for hydroxylation is 2. The fourth-order valence-corrected chi connectivity index (χ4v) is 3.95. The molecular weight excluding hydrogens is 358 g/mol. The molecule has 0 unspecified atom stereocenters. The van der Waals surface area contributed by atoms with Gasteiger partial charge in [-0.1, -0.05) is 49.0 Å². The van der Waals surface area contributed by atoms with E-state index in [-0.39, 0.29) is 18.2 Å². The quantitative estimate of drug-likeness (QED) is 0.846. The molecule has 1 aliphatic heterocycles. The van der Waals surface area contributed by atoms with Crippen LogP contribution in [0.25, 0.3) is 0 Å². The Kier molecular flexibility index (Phi) is 5.96. The lowest BCUT2D eigenvalue weighted by Crippen LogP contribution is -2.30. The van der Waals surface area contributed by atoms with Gasteiger partial charge in [0.1, 0.15) is 5.25 Å². The molecule has 0 aromatic heterocycles. The summed E-state index contributed by atoms with van der Waals surface area (Å²) in [5.41, 5.74) is 3.81. The highest BCUT2D eigenvalue weighted by atomic mass is 32.2. The van der Waals surface area contributed by atoms with Crippen LogP contribution in [0.15, 0.2) is 53.5 Å². The predicted octanol–water partition coefficient (Wildman–Crippen LogP) is 4.15. The first-order valence-corrected chi connectivity index (χ1v) is 9.83. The Morgan fingerprint density at radius 3 is 2.56 bits per heavy atom. The molecule has 1 atom stereocenters. The summed E-state index contributed by atoms with van der Waals surface area (Å²) in [7, 11) is 1.70. The van der Waals surface area contributed by atoms with Gasteiger partial charge in [0.15, 0.2) is 5.17 Å². The topological polar surface area (TPSA) is 61.8 Å². The molecule has 2 aromatic carbocycles. The van der Waals surface area contributed by atoms with Crippen LogP contribution in [0.1, 0.15) is 24.5 Å². The van der Waals surface area contributed by atoms with Gasteiger partial charge in [-0.25, -0.2) is 4.99 Å². The van der Waals surface area contributed by atoms with Gasteiger partial charge in [-0.15, -0.1) is 0 Å². The van der Waals surface area contributed by atoms with E-state index < -0.39 is 5.25 Å². The third-order valence-electron chi connectivity index (χ3n) is 4.50. The molecule has 27 heavy (non-hydrogen) atoms. The lowest BCUT2D eigenvalue weighted by Gasteiger charge is -2.10. The SMILES string of the molecule is CCc1ccc(N=C2S[C@H](CC(=O)Nc3ccccc3C)C(=O)N2C)cc1. The van der Waals surface area contributed by atoms with Crippen LogP contribution in [0.3, 0.4) is 0 Å². The maximum Gasteiger partial charge on any atom is 0.242 e. The van der Waals surface area contributed by atoms with Crippen molar-refractivity contribution in [3.63, 3.8) is 0 Å². The number of rotatable bonds is 5. The van der Waals surface area contributed by atoms with Gasteiger partial charge >= 0.3 is 0 Å². The second-order valence-electron chi connectivity index (χ2n) is 6.49. The molecule has 1 N–H and O–H groups in total. The van der Waals surface area contributed by atoms with Crippen molar-refractivity contribution in [3.8, 4) is 0 Å². The monoisotopic (exact) mass is 381 g/mol. The number of hydrogen-bond donors (Lipinski definition) is 1. The number of nitrogens with one attached hydrogen (secondary N) is 1. The van der Waals surface area contributed by atoms with Crippen LogP contribution < -0.4 is 5.32 Å². The first kappa shape index (κ1) is 19.2. The highest BCUT2D eigenvalue weighted by molar-refractivity contribution is 8.15. The molecule has 6 heteroatoms. The third-order valence-corrected chi connectivity index (χ3v) is 5.73. The molecule has 0 spiro atoms. The van der Waals surface area contributed by atoms with Gasteiger partial charge in [0.25, 0.3) is 0 Å². The first-order valence-electron chi connectivity index (χ1n) is 8.95. The van der Waals surface area contributed by atoms with Crippen molar-refractivity contribution < 1.29 is 9.59 Å². The van der Waals surface area contributed by atoms with Crippen LogP contribution in [0.2, 0.25) is 0 Å². The van der Waals surface area contributed by atoms with E-state index >= 15 is 0 Å². The van der Waals surface area contributed by atoms with Gasteiger partial charge in [-0.3, -0.25) is 14.5 Å². The number of para-hydroxylation sites is 1. The summed E-state index contributed by atoms with van der Waals surface area (Å²) in [6.45, 7) is 4.04. The number of nitrogens with zero attached hydrogens (tertiary/aromatic N) is 2. The number of aliphatic imine (C=N–C) groups is 1. The molecule has 140 valence electrons.